The zero-order valence-corrected chi connectivity index (χ0v) is 10.5. The molecule has 0 amide bonds. The number of nitrogens with zero attached hydrogens (tertiary/aromatic N) is 1. The van der Waals surface area contributed by atoms with Gasteiger partial charge in [0.05, 0.1) is 6.61 Å². The van der Waals surface area contributed by atoms with Gasteiger partial charge in [-0.2, -0.15) is 0 Å². The van der Waals surface area contributed by atoms with Crippen molar-refractivity contribution >= 4 is 0 Å². The van der Waals surface area contributed by atoms with Gasteiger partial charge in [-0.3, -0.25) is 4.90 Å². The van der Waals surface area contributed by atoms with Crippen LogP contribution in [0.15, 0.2) is 0 Å². The predicted molar refractivity (Wildman–Crippen MR) is 63.9 cm³/mol. The van der Waals surface area contributed by atoms with E-state index in [-0.39, 0.29) is 5.54 Å². The third-order valence-electron chi connectivity index (χ3n) is 3.95. The molecule has 0 aromatic rings. The van der Waals surface area contributed by atoms with Crippen molar-refractivity contribution in [2.24, 2.45) is 11.7 Å². The summed E-state index contributed by atoms with van der Waals surface area (Å²) in [6.45, 7) is 4.78. The monoisotopic (exact) mass is 214 g/mol. The van der Waals surface area contributed by atoms with Crippen molar-refractivity contribution in [1.29, 1.82) is 0 Å². The number of likely N-dealkylation sites (N-methyl/N-ethyl adjacent to an activating group) is 1. The summed E-state index contributed by atoms with van der Waals surface area (Å²) in [4.78, 5) is 2.36. The molecule has 1 saturated carbocycles. The van der Waals surface area contributed by atoms with Gasteiger partial charge >= 0.3 is 0 Å². The summed E-state index contributed by atoms with van der Waals surface area (Å²) in [7, 11) is 3.91. The molecule has 0 aromatic carbocycles. The number of methoxy groups -OCH3 is 1. The van der Waals surface area contributed by atoms with Crippen LogP contribution in [0, 0.1) is 5.92 Å². The molecule has 0 radical (unpaired) electrons. The molecule has 0 heterocycles. The molecule has 1 aliphatic rings. The summed E-state index contributed by atoms with van der Waals surface area (Å²) in [6, 6.07) is 0. The number of hydrogen-bond acceptors (Lipinski definition) is 3. The number of nitrogens with two attached hydrogens (primary N) is 1. The Bertz CT molecular complexity index is 182. The maximum absolute atomic E-state index is 5.92. The molecule has 0 saturated heterocycles. The summed E-state index contributed by atoms with van der Waals surface area (Å²) in [6.07, 6.45) is 5.44. The van der Waals surface area contributed by atoms with Crippen LogP contribution in [-0.4, -0.2) is 44.3 Å². The van der Waals surface area contributed by atoms with E-state index >= 15 is 0 Å². The molecule has 0 aromatic heterocycles. The lowest BCUT2D eigenvalue weighted by Crippen LogP contribution is -2.52. The Hall–Kier alpha value is -0.120. The fourth-order valence-corrected chi connectivity index (χ4v) is 2.21. The smallest absolute Gasteiger partial charge is 0.0589 e. The Morgan fingerprint density at radius 3 is 2.53 bits per heavy atom. The van der Waals surface area contributed by atoms with E-state index in [9.17, 15) is 0 Å². The Morgan fingerprint density at radius 2 is 2.13 bits per heavy atom. The molecule has 0 bridgehead atoms. The minimum Gasteiger partial charge on any atom is -0.383 e. The van der Waals surface area contributed by atoms with Gasteiger partial charge in [0, 0.05) is 25.7 Å². The molecule has 1 rings (SSSR count). The Labute approximate surface area is 94.0 Å². The average molecular weight is 214 g/mol. The topological polar surface area (TPSA) is 38.5 Å². The molecular formula is C12H26N2O. The second-order valence-corrected chi connectivity index (χ2v) is 5.12. The first-order valence-electron chi connectivity index (χ1n) is 6.02. The minimum absolute atomic E-state index is 0.156. The number of ether oxygens (including phenoxy) is 1. The normalized spacial score (nSPS) is 21.4. The van der Waals surface area contributed by atoms with Crippen molar-refractivity contribution in [2.45, 2.75) is 38.1 Å². The van der Waals surface area contributed by atoms with Gasteiger partial charge in [-0.05, 0) is 26.3 Å². The van der Waals surface area contributed by atoms with Crippen LogP contribution in [0.4, 0.5) is 0 Å². The SMILES string of the molecule is COCCN(C)C(C)(CN)CC1CCC1. The van der Waals surface area contributed by atoms with Gasteiger partial charge in [0.2, 0.25) is 0 Å². The van der Waals surface area contributed by atoms with Crippen LogP contribution in [0.3, 0.4) is 0 Å². The van der Waals surface area contributed by atoms with Crippen LogP contribution in [0.2, 0.25) is 0 Å². The lowest BCUT2D eigenvalue weighted by molar-refractivity contribution is 0.0643. The Balaban J connectivity index is 2.41. The average Bonchev–Trinajstić information content (AvgIpc) is 2.19. The highest BCUT2D eigenvalue weighted by atomic mass is 16.5. The third-order valence-corrected chi connectivity index (χ3v) is 3.95. The maximum atomic E-state index is 5.92. The molecule has 0 aliphatic heterocycles. The lowest BCUT2D eigenvalue weighted by atomic mass is 9.76. The molecule has 1 atom stereocenters. The van der Waals surface area contributed by atoms with E-state index in [1.54, 1.807) is 7.11 Å². The molecule has 1 unspecified atom stereocenters. The van der Waals surface area contributed by atoms with Gasteiger partial charge in [-0.25, -0.2) is 0 Å². The lowest BCUT2D eigenvalue weighted by Gasteiger charge is -2.42. The molecule has 90 valence electrons. The molecule has 2 N–H and O–H groups in total. The molecule has 3 nitrogen and oxygen atoms in total. The molecule has 1 aliphatic carbocycles. The van der Waals surface area contributed by atoms with Gasteiger partial charge in [-0.1, -0.05) is 19.3 Å². The van der Waals surface area contributed by atoms with E-state index in [1.165, 1.54) is 25.7 Å². The van der Waals surface area contributed by atoms with Gasteiger partial charge < -0.3 is 10.5 Å². The van der Waals surface area contributed by atoms with Gasteiger partial charge in [0.25, 0.3) is 0 Å². The van der Waals surface area contributed by atoms with Crippen LogP contribution in [-0.2, 0) is 4.74 Å². The predicted octanol–water partition coefficient (Wildman–Crippen LogP) is 1.47. The van der Waals surface area contributed by atoms with Crippen LogP contribution >= 0.6 is 0 Å². The van der Waals surface area contributed by atoms with Crippen molar-refractivity contribution < 1.29 is 4.74 Å². The van der Waals surface area contributed by atoms with Crippen molar-refractivity contribution in [1.82, 2.24) is 4.90 Å². The highest BCUT2D eigenvalue weighted by Crippen LogP contribution is 2.35. The van der Waals surface area contributed by atoms with Crippen LogP contribution in [0.1, 0.15) is 32.6 Å². The summed E-state index contributed by atoms with van der Waals surface area (Å²) in [5.74, 6) is 0.906. The van der Waals surface area contributed by atoms with Crippen molar-refractivity contribution in [3.05, 3.63) is 0 Å². The number of hydrogen-bond donors (Lipinski definition) is 1. The van der Waals surface area contributed by atoms with E-state index in [0.717, 1.165) is 25.6 Å². The van der Waals surface area contributed by atoms with E-state index in [2.05, 4.69) is 18.9 Å². The second-order valence-electron chi connectivity index (χ2n) is 5.12. The van der Waals surface area contributed by atoms with Crippen LogP contribution < -0.4 is 5.73 Å². The third kappa shape index (κ3) is 3.44. The van der Waals surface area contributed by atoms with Gasteiger partial charge in [0.1, 0.15) is 0 Å². The molecule has 3 heteroatoms. The zero-order chi connectivity index (χ0) is 11.3. The zero-order valence-electron chi connectivity index (χ0n) is 10.5. The second kappa shape index (κ2) is 5.83. The number of rotatable bonds is 7. The van der Waals surface area contributed by atoms with Gasteiger partial charge in [0.15, 0.2) is 0 Å². The highest BCUT2D eigenvalue weighted by Gasteiger charge is 2.32. The van der Waals surface area contributed by atoms with Crippen molar-refractivity contribution in [3.63, 3.8) is 0 Å². The maximum Gasteiger partial charge on any atom is 0.0589 e. The first-order chi connectivity index (χ1) is 7.12. The summed E-state index contributed by atoms with van der Waals surface area (Å²) in [5.41, 5.74) is 6.08. The largest absolute Gasteiger partial charge is 0.383 e. The van der Waals surface area contributed by atoms with Crippen LogP contribution in [0.5, 0.6) is 0 Å². The van der Waals surface area contributed by atoms with Gasteiger partial charge in [-0.15, -0.1) is 0 Å². The fraction of sp³-hybridized carbons (Fsp3) is 1.00. The fourth-order valence-electron chi connectivity index (χ4n) is 2.21. The van der Waals surface area contributed by atoms with E-state index in [0.29, 0.717) is 0 Å². The molecular weight excluding hydrogens is 188 g/mol. The summed E-state index contributed by atoms with van der Waals surface area (Å²) < 4.78 is 5.11. The first-order valence-corrected chi connectivity index (χ1v) is 6.02. The Kier molecular flexibility index (Phi) is 5.03. The Morgan fingerprint density at radius 1 is 1.47 bits per heavy atom. The molecule has 1 fully saturated rings. The highest BCUT2D eigenvalue weighted by molar-refractivity contribution is 4.90. The quantitative estimate of drug-likeness (QED) is 0.697. The van der Waals surface area contributed by atoms with Crippen molar-refractivity contribution in [2.75, 3.05) is 33.9 Å². The minimum atomic E-state index is 0.156. The van der Waals surface area contributed by atoms with E-state index in [1.807, 2.05) is 0 Å². The van der Waals surface area contributed by atoms with Crippen molar-refractivity contribution in [3.8, 4) is 0 Å². The standard InChI is InChI=1S/C12H26N2O/c1-12(10-13,9-11-5-4-6-11)14(2)7-8-15-3/h11H,4-10,13H2,1-3H3. The molecule has 0 spiro atoms. The van der Waals surface area contributed by atoms with E-state index in [4.69, 9.17) is 10.5 Å². The first kappa shape index (κ1) is 12.9. The molecule has 15 heavy (non-hydrogen) atoms. The van der Waals surface area contributed by atoms with Crippen LogP contribution in [0.25, 0.3) is 0 Å². The summed E-state index contributed by atoms with van der Waals surface area (Å²) in [5, 5.41) is 0. The van der Waals surface area contributed by atoms with E-state index < -0.39 is 0 Å². The summed E-state index contributed by atoms with van der Waals surface area (Å²) >= 11 is 0.